The molecule has 100 valence electrons. The summed E-state index contributed by atoms with van der Waals surface area (Å²) >= 11 is 0. The van der Waals surface area contributed by atoms with Gasteiger partial charge in [0.15, 0.2) is 0 Å². The number of carbonyl (C=O) groups is 1. The summed E-state index contributed by atoms with van der Waals surface area (Å²) < 4.78 is 36.4. The van der Waals surface area contributed by atoms with E-state index in [0.29, 0.717) is 6.54 Å². The molecule has 0 aliphatic carbocycles. The number of rotatable bonds is 6. The third-order valence-electron chi connectivity index (χ3n) is 1.08. The Bertz CT molecular complexity index is 332. The quantitative estimate of drug-likeness (QED) is 0.279. The van der Waals surface area contributed by atoms with Crippen molar-refractivity contribution in [3.63, 3.8) is 0 Å². The molecule has 17 heavy (non-hydrogen) atoms. The van der Waals surface area contributed by atoms with E-state index >= 15 is 0 Å². The normalized spacial score (nSPS) is 11.7. The second kappa shape index (κ2) is 9.93. The first kappa shape index (κ1) is 18.1. The van der Waals surface area contributed by atoms with Gasteiger partial charge in [-0.1, -0.05) is 12.7 Å². The molecule has 0 aromatic rings. The van der Waals surface area contributed by atoms with Crippen molar-refractivity contribution in [3.05, 3.63) is 25.3 Å². The Kier molecular flexibility index (Phi) is 10.6. The minimum atomic E-state index is -4.67. The van der Waals surface area contributed by atoms with E-state index in [4.69, 9.17) is 28.0 Å². The largest absolute Gasteiger partial charge is 0.394 e. The minimum absolute atomic E-state index is 0.0545. The number of hydrogen-bond donors (Lipinski definition) is 4. The number of carbonyl (C=O) groups excluding carboxylic acids is 1. The Morgan fingerprint density at radius 2 is 1.94 bits per heavy atom. The van der Waals surface area contributed by atoms with Crippen LogP contribution in [0, 0.1) is 0 Å². The number of nitrogens with one attached hydrogen (secondary N) is 1. The SMILES string of the molecule is C=CCNC(=O)COC(N)C=C.O=S(=O)(O)O. The van der Waals surface area contributed by atoms with Gasteiger partial charge in [-0.15, -0.1) is 6.58 Å². The van der Waals surface area contributed by atoms with Crippen LogP contribution in [0.15, 0.2) is 25.3 Å². The van der Waals surface area contributed by atoms with E-state index in [9.17, 15) is 4.79 Å². The maximum atomic E-state index is 10.8. The van der Waals surface area contributed by atoms with Gasteiger partial charge < -0.3 is 15.8 Å². The van der Waals surface area contributed by atoms with Crippen molar-refractivity contribution in [1.82, 2.24) is 5.32 Å². The molecule has 0 heterocycles. The molecule has 8 nitrogen and oxygen atoms in total. The predicted octanol–water partition coefficient (Wildman–Crippen LogP) is -0.877. The average molecular weight is 268 g/mol. The Labute approximate surface area is 99.7 Å². The second-order valence-electron chi connectivity index (χ2n) is 2.55. The molecule has 5 N–H and O–H groups in total. The van der Waals surface area contributed by atoms with Crippen LogP contribution < -0.4 is 11.1 Å². The number of amides is 1. The highest BCUT2D eigenvalue weighted by atomic mass is 32.3. The highest BCUT2D eigenvalue weighted by molar-refractivity contribution is 7.79. The molecular formula is C8H16N2O6S. The second-order valence-corrected chi connectivity index (χ2v) is 3.45. The fourth-order valence-corrected chi connectivity index (χ4v) is 0.477. The van der Waals surface area contributed by atoms with E-state index in [0.717, 1.165) is 0 Å². The van der Waals surface area contributed by atoms with E-state index in [-0.39, 0.29) is 12.5 Å². The molecule has 0 saturated heterocycles. The highest BCUT2D eigenvalue weighted by Crippen LogP contribution is 1.82. The van der Waals surface area contributed by atoms with Crippen molar-refractivity contribution in [2.75, 3.05) is 13.2 Å². The smallest absolute Gasteiger partial charge is 0.351 e. The lowest BCUT2D eigenvalue weighted by Gasteiger charge is -2.07. The van der Waals surface area contributed by atoms with E-state index < -0.39 is 16.6 Å². The van der Waals surface area contributed by atoms with Crippen molar-refractivity contribution in [2.45, 2.75) is 6.23 Å². The van der Waals surface area contributed by atoms with Gasteiger partial charge in [-0.05, 0) is 6.08 Å². The molecule has 0 aromatic carbocycles. The third-order valence-corrected chi connectivity index (χ3v) is 1.08. The van der Waals surface area contributed by atoms with Gasteiger partial charge in [0.25, 0.3) is 0 Å². The van der Waals surface area contributed by atoms with E-state index in [1.807, 2.05) is 0 Å². The van der Waals surface area contributed by atoms with Crippen LogP contribution in [0.4, 0.5) is 0 Å². The summed E-state index contributed by atoms with van der Waals surface area (Å²) in [5, 5.41) is 2.54. The zero-order valence-electron chi connectivity index (χ0n) is 9.07. The maximum absolute atomic E-state index is 10.8. The molecule has 0 saturated carbocycles. The molecule has 0 aliphatic rings. The van der Waals surface area contributed by atoms with Gasteiger partial charge in [-0.2, -0.15) is 8.42 Å². The molecule has 0 spiro atoms. The van der Waals surface area contributed by atoms with Gasteiger partial charge in [-0.25, -0.2) is 0 Å². The lowest BCUT2D eigenvalue weighted by Crippen LogP contribution is -2.31. The molecule has 0 fully saturated rings. The molecule has 0 aliphatic heterocycles. The minimum Gasteiger partial charge on any atom is -0.351 e. The summed E-state index contributed by atoms with van der Waals surface area (Å²) in [4.78, 5) is 10.8. The Morgan fingerprint density at radius 3 is 2.29 bits per heavy atom. The zero-order valence-corrected chi connectivity index (χ0v) is 9.89. The number of hydrogen-bond acceptors (Lipinski definition) is 5. The number of nitrogens with two attached hydrogens (primary N) is 1. The van der Waals surface area contributed by atoms with Crippen molar-refractivity contribution in [3.8, 4) is 0 Å². The average Bonchev–Trinajstić information content (AvgIpc) is 2.20. The molecule has 0 rings (SSSR count). The van der Waals surface area contributed by atoms with Crippen LogP contribution in [0.5, 0.6) is 0 Å². The lowest BCUT2D eigenvalue weighted by atomic mass is 10.5. The zero-order chi connectivity index (χ0) is 13.9. The standard InChI is InChI=1S/C8H14N2O2.H2O4S/c1-3-5-10-8(11)6-12-7(9)4-2;1-5(2,3)4/h3-4,7H,1-2,5-6,9H2,(H,10,11);(H2,1,2,3,4). The first-order chi connectivity index (χ1) is 7.70. The van der Waals surface area contributed by atoms with Crippen LogP contribution in [0.1, 0.15) is 0 Å². The summed E-state index contributed by atoms with van der Waals surface area (Å²) in [6, 6.07) is 0. The first-order valence-electron chi connectivity index (χ1n) is 4.28. The van der Waals surface area contributed by atoms with Crippen LogP contribution >= 0.6 is 0 Å². The Morgan fingerprint density at radius 1 is 1.47 bits per heavy atom. The van der Waals surface area contributed by atoms with Gasteiger partial charge in [0.1, 0.15) is 12.8 Å². The summed E-state index contributed by atoms with van der Waals surface area (Å²) in [5.41, 5.74) is 5.31. The fraction of sp³-hybridized carbons (Fsp3) is 0.375. The summed E-state index contributed by atoms with van der Waals surface area (Å²) in [6.45, 7) is 7.23. The predicted molar refractivity (Wildman–Crippen MR) is 61.5 cm³/mol. The monoisotopic (exact) mass is 268 g/mol. The molecule has 0 bridgehead atoms. The van der Waals surface area contributed by atoms with Crippen molar-refractivity contribution >= 4 is 16.3 Å². The molecule has 1 atom stereocenters. The van der Waals surface area contributed by atoms with Gasteiger partial charge >= 0.3 is 10.4 Å². The molecule has 9 heteroatoms. The van der Waals surface area contributed by atoms with Crippen LogP contribution in [0.25, 0.3) is 0 Å². The van der Waals surface area contributed by atoms with Crippen LogP contribution in [-0.4, -0.2) is 42.8 Å². The Balaban J connectivity index is 0. The molecular weight excluding hydrogens is 252 g/mol. The van der Waals surface area contributed by atoms with Crippen LogP contribution in [0.3, 0.4) is 0 Å². The first-order valence-corrected chi connectivity index (χ1v) is 5.67. The summed E-state index contributed by atoms with van der Waals surface area (Å²) in [5.74, 6) is -0.216. The lowest BCUT2D eigenvalue weighted by molar-refractivity contribution is -0.126. The fourth-order valence-electron chi connectivity index (χ4n) is 0.477. The highest BCUT2D eigenvalue weighted by Gasteiger charge is 2.01. The summed E-state index contributed by atoms with van der Waals surface area (Å²) in [7, 11) is -4.67. The van der Waals surface area contributed by atoms with E-state index in [1.165, 1.54) is 6.08 Å². The van der Waals surface area contributed by atoms with Gasteiger partial charge in [0, 0.05) is 6.54 Å². The number of ether oxygens (including phenoxy) is 1. The molecule has 0 aromatic heterocycles. The van der Waals surface area contributed by atoms with E-state index in [2.05, 4.69) is 18.5 Å². The van der Waals surface area contributed by atoms with Gasteiger partial charge in [0.2, 0.25) is 5.91 Å². The molecule has 0 radical (unpaired) electrons. The maximum Gasteiger partial charge on any atom is 0.394 e. The Hall–Kier alpha value is -1.26. The van der Waals surface area contributed by atoms with Crippen LogP contribution in [0.2, 0.25) is 0 Å². The van der Waals surface area contributed by atoms with Crippen molar-refractivity contribution in [2.24, 2.45) is 5.73 Å². The van der Waals surface area contributed by atoms with Crippen molar-refractivity contribution < 1.29 is 27.1 Å². The van der Waals surface area contributed by atoms with Gasteiger partial charge in [0.05, 0.1) is 0 Å². The molecule has 1 unspecified atom stereocenters. The van der Waals surface area contributed by atoms with E-state index in [1.54, 1.807) is 6.08 Å². The van der Waals surface area contributed by atoms with Crippen LogP contribution in [-0.2, 0) is 19.9 Å². The van der Waals surface area contributed by atoms with Crippen molar-refractivity contribution in [1.29, 1.82) is 0 Å². The van der Waals surface area contributed by atoms with Gasteiger partial charge in [-0.3, -0.25) is 13.9 Å². The summed E-state index contributed by atoms with van der Waals surface area (Å²) in [6.07, 6.45) is 2.42. The third kappa shape index (κ3) is 25.2. The molecule has 1 amide bonds. The topological polar surface area (TPSA) is 139 Å².